The van der Waals surface area contributed by atoms with Gasteiger partial charge in [-0.3, -0.25) is 4.79 Å². The lowest BCUT2D eigenvalue weighted by atomic mass is 9.41. The lowest BCUT2D eigenvalue weighted by Gasteiger charge is -2.64. The minimum atomic E-state index is -1.92. The van der Waals surface area contributed by atoms with Gasteiger partial charge in [0, 0.05) is 0 Å². The van der Waals surface area contributed by atoms with Crippen molar-refractivity contribution in [3.8, 4) is 0 Å². The SMILES string of the molecule is C=C1C[C@]23CC[C@H]4C(C)(C(=O)O[C@@H]5O[C@H](CO)[C@@H](O)[C@H](O)[C@H]5O)CCC[C@]4(C)[C@H]2CC[C@]1(O[C@@H]1O[C@H](CO)[C@@H](O)[C@H](O[C@@H]2OC[C@@H](O)[C@H](O)[C@H]2O)[C@H]1O[C@@H]1O[C@H](CO)[C@@H](O)[C@H](O)[C@H]1O)C3. The molecule has 0 aromatic carbocycles. The second-order valence-corrected chi connectivity index (χ2v) is 20.4. The smallest absolute Gasteiger partial charge is 0.314 e. The fourth-order valence-electron chi connectivity index (χ4n) is 13.2. The van der Waals surface area contributed by atoms with Crippen molar-refractivity contribution in [3.63, 3.8) is 0 Å². The molecule has 65 heavy (non-hydrogen) atoms. The van der Waals surface area contributed by atoms with E-state index in [1.807, 2.05) is 6.92 Å². The second-order valence-electron chi connectivity index (χ2n) is 20.4. The van der Waals surface area contributed by atoms with Crippen molar-refractivity contribution in [2.24, 2.45) is 28.1 Å². The molecule has 22 heteroatoms. The highest BCUT2D eigenvalue weighted by molar-refractivity contribution is 5.77. The minimum absolute atomic E-state index is 0.0488. The summed E-state index contributed by atoms with van der Waals surface area (Å²) in [6.07, 6.45) is -26.1. The number of esters is 1. The normalized spacial score (nSPS) is 54.7. The van der Waals surface area contributed by atoms with Gasteiger partial charge < -0.3 is 104 Å². The van der Waals surface area contributed by atoms with Crippen LogP contribution in [0.1, 0.15) is 71.6 Å². The lowest BCUT2D eigenvalue weighted by molar-refractivity contribution is -0.396. The van der Waals surface area contributed by atoms with Crippen molar-refractivity contribution < 1.29 is 109 Å². The average molecular weight is 937 g/mol. The monoisotopic (exact) mass is 936 g/mol. The van der Waals surface area contributed by atoms with Crippen molar-refractivity contribution in [2.45, 2.75) is 194 Å². The molecule has 22 nitrogen and oxygen atoms in total. The van der Waals surface area contributed by atoms with Gasteiger partial charge in [0.15, 0.2) is 18.9 Å². The molecule has 4 heterocycles. The fourth-order valence-corrected chi connectivity index (χ4v) is 13.2. The number of hydrogen-bond acceptors (Lipinski definition) is 22. The first-order valence-corrected chi connectivity index (χ1v) is 22.8. The maximum absolute atomic E-state index is 14.3. The lowest BCUT2D eigenvalue weighted by Crippen LogP contribution is -2.67. The van der Waals surface area contributed by atoms with Gasteiger partial charge in [-0.25, -0.2) is 0 Å². The first-order valence-electron chi connectivity index (χ1n) is 22.8. The summed E-state index contributed by atoms with van der Waals surface area (Å²) in [6, 6.07) is 0. The van der Waals surface area contributed by atoms with Crippen LogP contribution in [0.3, 0.4) is 0 Å². The summed E-state index contributed by atoms with van der Waals surface area (Å²) < 4.78 is 48.1. The number of fused-ring (bicyclic) bond motifs is 3. The molecule has 4 aliphatic heterocycles. The zero-order chi connectivity index (χ0) is 47.1. The van der Waals surface area contributed by atoms with Crippen LogP contribution in [0, 0.1) is 28.1 Å². The van der Waals surface area contributed by atoms with Crippen LogP contribution < -0.4 is 0 Å². The van der Waals surface area contributed by atoms with Crippen LogP contribution in [-0.2, 0) is 42.7 Å². The molecule has 8 fully saturated rings. The molecule has 25 atom stereocenters. The predicted octanol–water partition coefficient (Wildman–Crippen LogP) is -4.47. The molecule has 2 bridgehead atoms. The standard InChI is InChI=1S/C43H68O22/c1-17-11-42-9-5-22-40(2,7-4-8-41(22,3)39(57)64-37-32(56)29(53)26(50)20(13-45)60-37)23(42)6-10-43(17,16-42)65-38-34(63-36-31(55)28(52)25(49)19(12-44)59-36)33(27(51)21(14-46)61-38)62-35-30(54)24(48)18(47)15-58-35/h18-38,44-56H,1,4-16H2,2-3H3/t18-,19-,20-,21-,22-,23-,24+,25-,26-,27-,28+,29+,30-,31-,32-,33+,34-,35+,36+,37+,38+,40+,41?,42+,43+/m1/s1. The number of aliphatic hydroxyl groups is 13. The van der Waals surface area contributed by atoms with E-state index in [9.17, 15) is 71.2 Å². The van der Waals surface area contributed by atoms with Gasteiger partial charge in [-0.1, -0.05) is 19.9 Å². The molecule has 0 aromatic rings. The van der Waals surface area contributed by atoms with E-state index < -0.39 is 166 Å². The maximum atomic E-state index is 14.3. The molecule has 8 aliphatic rings. The molecular weight excluding hydrogens is 868 g/mol. The van der Waals surface area contributed by atoms with Gasteiger partial charge in [0.1, 0.15) is 91.6 Å². The number of carbonyl (C=O) groups is 1. The second kappa shape index (κ2) is 18.6. The number of rotatable bonds is 11. The van der Waals surface area contributed by atoms with Gasteiger partial charge in [0.2, 0.25) is 6.29 Å². The van der Waals surface area contributed by atoms with Gasteiger partial charge in [-0.15, -0.1) is 0 Å². The summed E-state index contributed by atoms with van der Waals surface area (Å²) in [5, 5.41) is 137. The molecule has 13 N–H and O–H groups in total. The van der Waals surface area contributed by atoms with Crippen molar-refractivity contribution in [3.05, 3.63) is 12.2 Å². The van der Waals surface area contributed by atoms with E-state index in [-0.39, 0.29) is 17.3 Å². The van der Waals surface area contributed by atoms with Gasteiger partial charge in [0.25, 0.3) is 0 Å². The van der Waals surface area contributed by atoms with Gasteiger partial charge >= 0.3 is 5.97 Å². The first kappa shape index (κ1) is 49.8. The molecule has 0 aromatic heterocycles. The van der Waals surface area contributed by atoms with Crippen LogP contribution in [-0.4, -0.2) is 221 Å². The molecule has 372 valence electrons. The zero-order valence-electron chi connectivity index (χ0n) is 36.5. The van der Waals surface area contributed by atoms with Crippen molar-refractivity contribution in [1.82, 2.24) is 0 Å². The Labute approximate surface area is 375 Å². The van der Waals surface area contributed by atoms with E-state index in [4.69, 9.17) is 37.9 Å². The van der Waals surface area contributed by atoms with E-state index >= 15 is 0 Å². The third-order valence-corrected chi connectivity index (χ3v) is 16.7. The third kappa shape index (κ3) is 8.32. The Kier molecular flexibility index (Phi) is 14.3. The fraction of sp³-hybridized carbons (Fsp3) is 0.930. The van der Waals surface area contributed by atoms with E-state index in [1.165, 1.54) is 0 Å². The Hall–Kier alpha value is -1.59. The number of hydrogen-bond donors (Lipinski definition) is 13. The van der Waals surface area contributed by atoms with Crippen LogP contribution in [0.25, 0.3) is 0 Å². The number of carbonyl (C=O) groups excluding carboxylic acids is 1. The topological polar surface area (TPSA) is 354 Å². The minimum Gasteiger partial charge on any atom is -0.432 e. The molecule has 0 radical (unpaired) electrons. The molecule has 4 saturated carbocycles. The van der Waals surface area contributed by atoms with E-state index in [1.54, 1.807) is 0 Å². The molecular formula is C43H68O22. The summed E-state index contributed by atoms with van der Waals surface area (Å²) >= 11 is 0. The van der Waals surface area contributed by atoms with Crippen molar-refractivity contribution in [2.75, 3.05) is 26.4 Å². The highest BCUT2D eigenvalue weighted by atomic mass is 16.8. The van der Waals surface area contributed by atoms with Crippen molar-refractivity contribution in [1.29, 1.82) is 0 Å². The summed E-state index contributed by atoms with van der Waals surface area (Å²) in [7, 11) is 0. The molecule has 8 rings (SSSR count). The summed E-state index contributed by atoms with van der Waals surface area (Å²) in [4.78, 5) is 14.3. The van der Waals surface area contributed by atoms with E-state index in [0.29, 0.717) is 51.4 Å². The Bertz CT molecular complexity index is 1710. The van der Waals surface area contributed by atoms with Gasteiger partial charge in [-0.05, 0) is 86.5 Å². The maximum Gasteiger partial charge on any atom is 0.314 e. The molecule has 0 amide bonds. The van der Waals surface area contributed by atoms with E-state index in [0.717, 1.165) is 12.0 Å². The Morgan fingerprint density at radius 1 is 0.631 bits per heavy atom. The molecule has 4 aliphatic carbocycles. The third-order valence-electron chi connectivity index (χ3n) is 16.7. The van der Waals surface area contributed by atoms with Crippen LogP contribution in [0.4, 0.5) is 0 Å². The van der Waals surface area contributed by atoms with Crippen LogP contribution in [0.2, 0.25) is 0 Å². The molecule has 1 unspecified atom stereocenters. The van der Waals surface area contributed by atoms with E-state index in [2.05, 4.69) is 13.5 Å². The quantitative estimate of drug-likeness (QED) is 0.0528. The average Bonchev–Trinajstić information content (AvgIpc) is 3.48. The van der Waals surface area contributed by atoms with Crippen LogP contribution >= 0.6 is 0 Å². The highest BCUT2D eigenvalue weighted by Crippen LogP contribution is 2.73. The van der Waals surface area contributed by atoms with Crippen LogP contribution in [0.15, 0.2) is 12.2 Å². The Morgan fingerprint density at radius 2 is 1.18 bits per heavy atom. The van der Waals surface area contributed by atoms with Crippen LogP contribution in [0.5, 0.6) is 0 Å². The Morgan fingerprint density at radius 3 is 1.83 bits per heavy atom. The Balaban J connectivity index is 1.06. The summed E-state index contributed by atoms with van der Waals surface area (Å²) in [6.45, 7) is 5.86. The first-order chi connectivity index (χ1) is 30.7. The molecule has 1 spiro atoms. The largest absolute Gasteiger partial charge is 0.432 e. The van der Waals surface area contributed by atoms with Crippen molar-refractivity contribution >= 4 is 5.97 Å². The predicted molar refractivity (Wildman–Crippen MR) is 213 cm³/mol. The number of ether oxygens (including phenoxy) is 8. The summed E-state index contributed by atoms with van der Waals surface area (Å²) in [5.74, 6) is -0.751. The highest BCUT2D eigenvalue weighted by Gasteiger charge is 2.69. The van der Waals surface area contributed by atoms with Gasteiger partial charge in [-0.2, -0.15) is 0 Å². The zero-order valence-corrected chi connectivity index (χ0v) is 36.5. The number of aliphatic hydroxyl groups excluding tert-OH is 13. The van der Waals surface area contributed by atoms with Gasteiger partial charge in [0.05, 0.1) is 37.4 Å². The molecule has 4 saturated heterocycles. The summed E-state index contributed by atoms with van der Waals surface area (Å²) in [5.41, 5.74) is -2.19.